The number of carbonyl (C=O) groups is 1. The Labute approximate surface area is 176 Å². The van der Waals surface area contributed by atoms with Crippen molar-refractivity contribution in [3.63, 3.8) is 0 Å². The van der Waals surface area contributed by atoms with Crippen LogP contribution in [0, 0.1) is 0 Å². The zero-order chi connectivity index (χ0) is 20.5. The lowest BCUT2D eigenvalue weighted by Crippen LogP contribution is -2.41. The highest BCUT2D eigenvalue weighted by atomic mass is 35.5. The molecule has 3 heterocycles. The van der Waals surface area contributed by atoms with Crippen molar-refractivity contribution >= 4 is 23.3 Å². The summed E-state index contributed by atoms with van der Waals surface area (Å²) in [6.45, 7) is 0.350. The van der Waals surface area contributed by atoms with Crippen LogP contribution in [-0.2, 0) is 13.0 Å². The van der Waals surface area contributed by atoms with E-state index in [-0.39, 0.29) is 6.03 Å². The van der Waals surface area contributed by atoms with Crippen LogP contribution in [-0.4, -0.2) is 31.0 Å². The number of nitrogens with one attached hydrogen (secondary N) is 2. The zero-order valence-electron chi connectivity index (χ0n) is 15.7. The van der Waals surface area contributed by atoms with Gasteiger partial charge in [-0.25, -0.2) is 9.78 Å². The monoisotopic (exact) mass is 420 g/mol. The molecule has 30 heavy (non-hydrogen) atoms. The molecule has 8 nitrogen and oxygen atoms in total. The number of hydrogen-bond donors (Lipinski definition) is 2. The lowest BCUT2D eigenvalue weighted by atomic mass is 10.0. The van der Waals surface area contributed by atoms with E-state index in [0.29, 0.717) is 35.4 Å². The first-order valence-electron chi connectivity index (χ1n) is 9.41. The Bertz CT molecular complexity index is 1170. The highest BCUT2D eigenvalue weighted by Crippen LogP contribution is 2.32. The van der Waals surface area contributed by atoms with Gasteiger partial charge in [0, 0.05) is 22.7 Å². The van der Waals surface area contributed by atoms with E-state index in [1.807, 2.05) is 30.3 Å². The second kappa shape index (κ2) is 7.64. The average molecular weight is 421 g/mol. The number of H-pyrrole nitrogens is 1. The Morgan fingerprint density at radius 1 is 1.17 bits per heavy atom. The van der Waals surface area contributed by atoms with E-state index >= 15 is 0 Å². The van der Waals surface area contributed by atoms with Crippen molar-refractivity contribution in [2.45, 2.75) is 19.0 Å². The minimum absolute atomic E-state index is 0.276. The van der Waals surface area contributed by atoms with Gasteiger partial charge in [0.15, 0.2) is 0 Å². The van der Waals surface area contributed by atoms with Crippen molar-refractivity contribution < 1.29 is 9.32 Å². The number of nitrogens with zero attached hydrogens (tertiary/aromatic N) is 4. The van der Waals surface area contributed by atoms with Gasteiger partial charge in [-0.1, -0.05) is 47.1 Å². The summed E-state index contributed by atoms with van der Waals surface area (Å²) in [4.78, 5) is 26.8. The van der Waals surface area contributed by atoms with Crippen LogP contribution in [0.2, 0.25) is 5.02 Å². The molecule has 150 valence electrons. The minimum Gasteiger partial charge on any atom is -0.347 e. The number of aromatic nitrogens is 4. The molecular weight excluding hydrogens is 404 g/mol. The topological polar surface area (TPSA) is 99.9 Å². The first-order valence-corrected chi connectivity index (χ1v) is 9.78. The molecule has 0 radical (unpaired) electrons. The molecule has 1 unspecified atom stereocenters. The largest absolute Gasteiger partial charge is 0.347 e. The van der Waals surface area contributed by atoms with E-state index in [1.54, 1.807) is 35.5 Å². The Kier molecular flexibility index (Phi) is 4.68. The number of carbonyl (C=O) groups excluding carboxylic acids is 1. The van der Waals surface area contributed by atoms with E-state index in [0.717, 1.165) is 17.0 Å². The Balaban J connectivity index is 1.45. The zero-order valence-corrected chi connectivity index (χ0v) is 16.5. The first kappa shape index (κ1) is 18.4. The molecule has 2 aromatic carbocycles. The number of rotatable bonds is 3. The van der Waals surface area contributed by atoms with Crippen LogP contribution in [0.5, 0.6) is 0 Å². The molecule has 2 amide bonds. The summed E-state index contributed by atoms with van der Waals surface area (Å²) < 4.78 is 5.56. The minimum atomic E-state index is -0.432. The Morgan fingerprint density at radius 3 is 2.77 bits per heavy atom. The highest BCUT2D eigenvalue weighted by molar-refractivity contribution is 6.30. The van der Waals surface area contributed by atoms with Crippen molar-refractivity contribution in [3.05, 3.63) is 83.2 Å². The molecule has 0 saturated heterocycles. The maximum absolute atomic E-state index is 13.1. The molecule has 2 N–H and O–H groups in total. The maximum Gasteiger partial charge on any atom is 0.322 e. The number of imidazole rings is 1. The van der Waals surface area contributed by atoms with Gasteiger partial charge < -0.3 is 19.7 Å². The summed E-state index contributed by atoms with van der Waals surface area (Å²) >= 11 is 5.93. The van der Waals surface area contributed by atoms with Crippen molar-refractivity contribution in [3.8, 4) is 11.4 Å². The van der Waals surface area contributed by atoms with Gasteiger partial charge in [0.2, 0.25) is 11.7 Å². The van der Waals surface area contributed by atoms with Crippen LogP contribution >= 0.6 is 11.6 Å². The van der Waals surface area contributed by atoms with Crippen LogP contribution in [0.25, 0.3) is 11.4 Å². The van der Waals surface area contributed by atoms with Crippen molar-refractivity contribution in [2.75, 3.05) is 5.32 Å². The molecule has 1 atom stereocenters. The molecule has 4 aromatic rings. The van der Waals surface area contributed by atoms with Crippen LogP contribution in [0.4, 0.5) is 10.5 Å². The van der Waals surface area contributed by atoms with Gasteiger partial charge in [-0.15, -0.1) is 0 Å². The second-order valence-corrected chi connectivity index (χ2v) is 7.37. The van der Waals surface area contributed by atoms with Gasteiger partial charge in [-0.05, 0) is 24.3 Å². The van der Waals surface area contributed by atoms with Gasteiger partial charge in [0.05, 0.1) is 24.3 Å². The molecule has 0 aliphatic carbocycles. The van der Waals surface area contributed by atoms with Crippen molar-refractivity contribution in [1.82, 2.24) is 25.0 Å². The Morgan fingerprint density at radius 2 is 1.97 bits per heavy atom. The number of benzene rings is 2. The normalized spacial score (nSPS) is 15.6. The molecule has 5 rings (SSSR count). The van der Waals surface area contributed by atoms with E-state index in [1.165, 1.54) is 0 Å². The number of halogens is 1. The van der Waals surface area contributed by atoms with Gasteiger partial charge in [-0.2, -0.15) is 4.98 Å². The fraction of sp³-hybridized carbons (Fsp3) is 0.143. The highest BCUT2D eigenvalue weighted by Gasteiger charge is 2.36. The third-order valence-electron chi connectivity index (χ3n) is 5.01. The van der Waals surface area contributed by atoms with Gasteiger partial charge >= 0.3 is 6.03 Å². The van der Waals surface area contributed by atoms with E-state index in [4.69, 9.17) is 16.1 Å². The summed E-state index contributed by atoms with van der Waals surface area (Å²) in [6, 6.07) is 15.8. The standard InChI is InChI=1S/C21H17ClN6O2/c22-14-6-8-15(9-7-14)25-21(29)28-11-17-16(23-12-24-17)10-18(28)20-26-19(27-30-20)13-4-2-1-3-5-13/h1-9,12,18H,10-11H2,(H,23,24)(H,25,29). The first-order chi connectivity index (χ1) is 14.7. The summed E-state index contributed by atoms with van der Waals surface area (Å²) in [5.74, 6) is 0.852. The van der Waals surface area contributed by atoms with Crippen LogP contribution < -0.4 is 5.32 Å². The molecule has 0 fully saturated rings. The summed E-state index contributed by atoms with van der Waals surface area (Å²) in [7, 11) is 0. The molecule has 2 aromatic heterocycles. The number of hydrogen-bond acceptors (Lipinski definition) is 5. The maximum atomic E-state index is 13.1. The number of anilines is 1. The number of aromatic amines is 1. The van der Waals surface area contributed by atoms with E-state index in [9.17, 15) is 4.79 Å². The molecule has 9 heteroatoms. The SMILES string of the molecule is O=C(Nc1ccc(Cl)cc1)N1Cc2[nH]cnc2CC1c1nc(-c2ccccc2)no1. The smallest absolute Gasteiger partial charge is 0.322 e. The molecule has 0 spiro atoms. The van der Waals surface area contributed by atoms with E-state index < -0.39 is 6.04 Å². The lowest BCUT2D eigenvalue weighted by Gasteiger charge is -2.32. The summed E-state index contributed by atoms with van der Waals surface area (Å²) in [5, 5.41) is 7.61. The number of amides is 2. The average Bonchev–Trinajstić information content (AvgIpc) is 3.44. The predicted octanol–water partition coefficient (Wildman–Crippen LogP) is 4.44. The van der Waals surface area contributed by atoms with Crippen LogP contribution in [0.15, 0.2) is 65.4 Å². The van der Waals surface area contributed by atoms with Gasteiger partial charge in [-0.3, -0.25) is 0 Å². The summed E-state index contributed by atoms with van der Waals surface area (Å²) in [6.07, 6.45) is 2.11. The van der Waals surface area contributed by atoms with Crippen molar-refractivity contribution in [2.24, 2.45) is 0 Å². The second-order valence-electron chi connectivity index (χ2n) is 6.93. The fourth-order valence-electron chi connectivity index (χ4n) is 3.47. The fourth-order valence-corrected chi connectivity index (χ4v) is 3.60. The number of urea groups is 1. The van der Waals surface area contributed by atoms with Crippen LogP contribution in [0.3, 0.4) is 0 Å². The molecule has 1 aliphatic heterocycles. The third-order valence-corrected chi connectivity index (χ3v) is 5.27. The molecular formula is C21H17ClN6O2. The Hall–Kier alpha value is -3.65. The number of fused-ring (bicyclic) bond motifs is 1. The molecule has 0 saturated carbocycles. The van der Waals surface area contributed by atoms with E-state index in [2.05, 4.69) is 25.4 Å². The predicted molar refractivity (Wildman–Crippen MR) is 111 cm³/mol. The van der Waals surface area contributed by atoms with Gasteiger partial charge in [0.25, 0.3) is 0 Å². The lowest BCUT2D eigenvalue weighted by molar-refractivity contribution is 0.155. The molecule has 1 aliphatic rings. The van der Waals surface area contributed by atoms with Gasteiger partial charge in [0.1, 0.15) is 6.04 Å². The van der Waals surface area contributed by atoms with Crippen molar-refractivity contribution in [1.29, 1.82) is 0 Å². The quantitative estimate of drug-likeness (QED) is 0.510. The summed E-state index contributed by atoms with van der Waals surface area (Å²) in [5.41, 5.74) is 3.27. The van der Waals surface area contributed by atoms with Crippen LogP contribution in [0.1, 0.15) is 23.3 Å². The third kappa shape index (κ3) is 3.53. The molecule has 0 bridgehead atoms.